The van der Waals surface area contributed by atoms with Crippen molar-refractivity contribution in [2.45, 2.75) is 144 Å². The predicted molar refractivity (Wildman–Crippen MR) is 153 cm³/mol. The van der Waals surface area contributed by atoms with E-state index in [4.69, 9.17) is 47.6 Å². The van der Waals surface area contributed by atoms with Gasteiger partial charge in [0, 0.05) is 24.4 Å². The van der Waals surface area contributed by atoms with Gasteiger partial charge < -0.3 is 73.1 Å². The van der Waals surface area contributed by atoms with Crippen molar-refractivity contribution in [3.05, 3.63) is 0 Å². The summed E-state index contributed by atoms with van der Waals surface area (Å²) in [4.78, 5) is 0. The van der Waals surface area contributed by atoms with Gasteiger partial charge in [-0.05, 0) is 18.6 Å². The van der Waals surface area contributed by atoms with Crippen molar-refractivity contribution in [1.82, 2.24) is 0 Å². The van der Waals surface area contributed by atoms with Gasteiger partial charge in [-0.1, -0.05) is 39.0 Å². The average molecular weight is 612 g/mol. The fourth-order valence-corrected chi connectivity index (χ4v) is 6.70. The molecule has 0 spiro atoms. The minimum Gasteiger partial charge on any atom is -0.389 e. The number of thioether (sulfide) groups is 1. The molecule has 15 atom stereocenters. The van der Waals surface area contributed by atoms with Crippen LogP contribution >= 0.6 is 11.8 Å². The van der Waals surface area contributed by atoms with Crippen LogP contribution in [0.3, 0.4) is 0 Å². The number of hydrogen-bond acceptors (Lipinski definition) is 15. The number of unbranched alkanes of at least 4 members (excludes halogenated alkanes) is 5. The molecular formula is C26H53N5O9S. The molecule has 3 fully saturated rings. The summed E-state index contributed by atoms with van der Waals surface area (Å²) in [5, 5.41) is 53.1. The van der Waals surface area contributed by atoms with Gasteiger partial charge in [-0.2, -0.15) is 11.8 Å². The molecule has 0 aromatic heterocycles. The molecule has 242 valence electrons. The number of aliphatic hydroxyl groups is 5. The molecule has 1 aliphatic carbocycles. The van der Waals surface area contributed by atoms with Gasteiger partial charge in [-0.3, -0.25) is 0 Å². The molecule has 0 aromatic rings. The molecule has 3 aliphatic rings. The average Bonchev–Trinajstić information content (AvgIpc) is 2.95. The Morgan fingerprint density at radius 2 is 1.27 bits per heavy atom. The lowest BCUT2D eigenvalue weighted by molar-refractivity contribution is -0.314. The summed E-state index contributed by atoms with van der Waals surface area (Å²) in [5.74, 6) is 1.37. The monoisotopic (exact) mass is 611 g/mol. The van der Waals surface area contributed by atoms with Crippen LogP contribution in [0.4, 0.5) is 0 Å². The van der Waals surface area contributed by atoms with Crippen LogP contribution in [0.25, 0.3) is 0 Å². The number of rotatable bonds is 14. The molecule has 2 saturated heterocycles. The Morgan fingerprint density at radius 3 is 1.90 bits per heavy atom. The van der Waals surface area contributed by atoms with Crippen LogP contribution in [0, 0.1) is 0 Å². The van der Waals surface area contributed by atoms with Crippen LogP contribution in [0.15, 0.2) is 0 Å². The zero-order valence-corrected chi connectivity index (χ0v) is 24.7. The molecule has 0 unspecified atom stereocenters. The van der Waals surface area contributed by atoms with E-state index in [0.717, 1.165) is 18.6 Å². The summed E-state index contributed by atoms with van der Waals surface area (Å²) in [6.45, 7) is 2.09. The van der Waals surface area contributed by atoms with E-state index < -0.39 is 91.7 Å². The van der Waals surface area contributed by atoms with Crippen molar-refractivity contribution >= 4 is 11.8 Å². The van der Waals surface area contributed by atoms with Crippen LogP contribution < -0.4 is 28.7 Å². The summed E-state index contributed by atoms with van der Waals surface area (Å²) in [6.07, 6.45) is -5.54. The summed E-state index contributed by atoms with van der Waals surface area (Å²) in [5.41, 5.74) is 30.3. The molecule has 0 radical (unpaired) electrons. The number of ether oxygens (including phenoxy) is 4. The second-order valence-electron chi connectivity index (χ2n) is 11.5. The summed E-state index contributed by atoms with van der Waals surface area (Å²) in [7, 11) is 0. The fourth-order valence-electron chi connectivity index (χ4n) is 5.62. The smallest absolute Gasteiger partial charge is 0.186 e. The summed E-state index contributed by atoms with van der Waals surface area (Å²) in [6, 6.07) is -3.66. The lowest BCUT2D eigenvalue weighted by atomic mass is 9.84. The highest BCUT2D eigenvalue weighted by Gasteiger charge is 2.51. The lowest BCUT2D eigenvalue weighted by Gasteiger charge is -2.48. The van der Waals surface area contributed by atoms with Crippen molar-refractivity contribution in [2.24, 2.45) is 28.7 Å². The zero-order valence-electron chi connectivity index (χ0n) is 23.9. The molecule has 0 amide bonds. The summed E-state index contributed by atoms with van der Waals surface area (Å²) >= 11 is 1.64. The maximum absolute atomic E-state index is 11.2. The highest BCUT2D eigenvalue weighted by atomic mass is 32.2. The predicted octanol–water partition coefficient (Wildman–Crippen LogP) is -3.22. The second kappa shape index (κ2) is 16.7. The van der Waals surface area contributed by atoms with Crippen molar-refractivity contribution in [3.8, 4) is 0 Å². The molecular weight excluding hydrogens is 558 g/mol. The van der Waals surface area contributed by atoms with Gasteiger partial charge in [0.1, 0.15) is 42.7 Å². The van der Waals surface area contributed by atoms with Crippen molar-refractivity contribution in [1.29, 1.82) is 0 Å². The highest BCUT2D eigenvalue weighted by molar-refractivity contribution is 7.99. The molecule has 2 aliphatic heterocycles. The van der Waals surface area contributed by atoms with E-state index >= 15 is 0 Å². The van der Waals surface area contributed by atoms with Crippen LogP contribution in [-0.4, -0.2) is 135 Å². The topological polar surface area (TPSA) is 268 Å². The number of aliphatic hydroxyl groups excluding tert-OH is 5. The summed E-state index contributed by atoms with van der Waals surface area (Å²) < 4.78 is 23.5. The molecule has 3 rings (SSSR count). The van der Waals surface area contributed by atoms with E-state index in [-0.39, 0.29) is 13.0 Å². The van der Waals surface area contributed by atoms with E-state index in [2.05, 4.69) is 6.92 Å². The Morgan fingerprint density at radius 1 is 0.683 bits per heavy atom. The lowest BCUT2D eigenvalue weighted by Crippen LogP contribution is -2.69. The van der Waals surface area contributed by atoms with E-state index in [1.54, 1.807) is 11.8 Å². The molecule has 14 nitrogen and oxygen atoms in total. The van der Waals surface area contributed by atoms with Crippen LogP contribution in [0.1, 0.15) is 51.9 Å². The first-order chi connectivity index (χ1) is 19.5. The minimum atomic E-state index is -1.40. The van der Waals surface area contributed by atoms with E-state index in [9.17, 15) is 25.5 Å². The molecule has 15 heteroatoms. The van der Waals surface area contributed by atoms with Crippen molar-refractivity contribution in [2.75, 3.05) is 18.1 Å². The third kappa shape index (κ3) is 8.93. The van der Waals surface area contributed by atoms with Gasteiger partial charge in [0.15, 0.2) is 12.6 Å². The fraction of sp³-hybridized carbons (Fsp3) is 1.00. The standard InChI is InChI=1S/C26H53N5O9S/c1-2-3-4-5-6-7-8-41-11-15-18(32)16(30)21(35)26(38-15)40-24-13(29)9-12(28)23(22(24)36)39-25-17(31)20(34)19(33)14(10-27)37-25/h12-26,32-36H,2-11,27-31H2,1H3/t12-,13+,14-,15-,16+,17-,18-,19-,20-,21-,22-,23+,24-,25-,26-/m0/s1. The SMILES string of the molecule is CCCCCCCCSC[C@@H]1O[C@@H](O[C@@H]2[C@@H](O)[C@H](O[C@@H]3O[C@@H](CN)[C@H](O)[C@@H](O)[C@@H]3N)[C@@H](N)C[C@H]2N)[C@@H](O)[C@H](N)[C@H]1O. The van der Waals surface area contributed by atoms with E-state index in [1.165, 1.54) is 25.7 Å². The quantitative estimate of drug-likeness (QED) is 0.0865. The molecule has 2 heterocycles. The highest BCUT2D eigenvalue weighted by Crippen LogP contribution is 2.31. The Hall–Kier alpha value is -0.210. The van der Waals surface area contributed by atoms with Crippen molar-refractivity contribution < 1.29 is 44.5 Å². The third-order valence-electron chi connectivity index (χ3n) is 8.31. The molecule has 1 saturated carbocycles. The molecule has 0 bridgehead atoms. The maximum atomic E-state index is 11.2. The van der Waals surface area contributed by atoms with Crippen LogP contribution in [0.2, 0.25) is 0 Å². The van der Waals surface area contributed by atoms with E-state index in [0.29, 0.717) is 5.75 Å². The first kappa shape index (κ1) is 35.3. The minimum absolute atomic E-state index is 0.0951. The Balaban J connectivity index is 1.59. The van der Waals surface area contributed by atoms with Gasteiger partial charge >= 0.3 is 0 Å². The zero-order chi connectivity index (χ0) is 30.3. The Kier molecular flexibility index (Phi) is 14.4. The largest absolute Gasteiger partial charge is 0.389 e. The van der Waals surface area contributed by atoms with Gasteiger partial charge in [0.25, 0.3) is 0 Å². The Bertz CT molecular complexity index is 764. The molecule has 0 aromatic carbocycles. The van der Waals surface area contributed by atoms with Crippen LogP contribution in [0.5, 0.6) is 0 Å². The van der Waals surface area contributed by atoms with Crippen molar-refractivity contribution in [3.63, 3.8) is 0 Å². The third-order valence-corrected chi connectivity index (χ3v) is 9.45. The van der Waals surface area contributed by atoms with Gasteiger partial charge in [-0.25, -0.2) is 0 Å². The second-order valence-corrected chi connectivity index (χ2v) is 12.7. The number of hydrogen-bond donors (Lipinski definition) is 10. The number of nitrogens with two attached hydrogens (primary N) is 5. The van der Waals surface area contributed by atoms with Gasteiger partial charge in [0.05, 0.1) is 24.3 Å². The van der Waals surface area contributed by atoms with Gasteiger partial charge in [0.2, 0.25) is 0 Å². The van der Waals surface area contributed by atoms with E-state index in [1.807, 2.05) is 0 Å². The first-order valence-corrected chi connectivity index (χ1v) is 16.0. The Labute approximate surface area is 246 Å². The van der Waals surface area contributed by atoms with Crippen LogP contribution in [-0.2, 0) is 18.9 Å². The van der Waals surface area contributed by atoms with Gasteiger partial charge in [-0.15, -0.1) is 0 Å². The maximum Gasteiger partial charge on any atom is 0.186 e. The molecule has 41 heavy (non-hydrogen) atoms. The normalized spacial score (nSPS) is 45.6. The molecule has 15 N–H and O–H groups in total. The first-order valence-electron chi connectivity index (χ1n) is 14.8.